The highest BCUT2D eigenvalue weighted by Crippen LogP contribution is 2.47. The van der Waals surface area contributed by atoms with Gasteiger partial charge < -0.3 is 5.73 Å². The predicted octanol–water partition coefficient (Wildman–Crippen LogP) is 4.02. The monoisotopic (exact) mass is 249 g/mol. The number of hydrogen-bond donors (Lipinski definition) is 1. The summed E-state index contributed by atoms with van der Waals surface area (Å²) in [5.41, 5.74) is 10.4. The van der Waals surface area contributed by atoms with Crippen molar-refractivity contribution in [3.8, 4) is 11.1 Å². The van der Waals surface area contributed by atoms with Crippen LogP contribution in [0.1, 0.15) is 17.2 Å². The van der Waals surface area contributed by atoms with E-state index < -0.39 is 0 Å². The van der Waals surface area contributed by atoms with Crippen LogP contribution in [-0.4, -0.2) is 0 Å². The minimum absolute atomic E-state index is 0.0963. The van der Waals surface area contributed by atoms with Gasteiger partial charge in [-0.25, -0.2) is 0 Å². The third-order valence-corrected chi connectivity index (χ3v) is 3.83. The molecule has 2 N–H and O–H groups in total. The molecule has 3 rings (SSSR count). The van der Waals surface area contributed by atoms with Crippen molar-refractivity contribution in [2.75, 3.05) is 0 Å². The van der Waals surface area contributed by atoms with Crippen molar-refractivity contribution < 1.29 is 0 Å². The lowest BCUT2D eigenvalue weighted by atomic mass is 10.1. The van der Waals surface area contributed by atoms with Gasteiger partial charge in [0.1, 0.15) is 0 Å². The molecule has 0 aromatic heterocycles. The molecule has 0 amide bonds. The quantitative estimate of drug-likeness (QED) is 0.750. The Morgan fingerprint density at radius 2 is 1.69 bits per heavy atom. The van der Waals surface area contributed by atoms with Crippen LogP contribution < -0.4 is 5.73 Å². The van der Waals surface area contributed by atoms with Crippen LogP contribution in [0, 0.1) is 0 Å². The molecule has 0 aliphatic heterocycles. The topological polar surface area (TPSA) is 26.0 Å². The van der Waals surface area contributed by atoms with Gasteiger partial charge in [0.2, 0.25) is 0 Å². The maximum absolute atomic E-state index is 6.24. The summed E-state index contributed by atoms with van der Waals surface area (Å²) in [6.45, 7) is 0. The second kappa shape index (κ2) is 3.49. The van der Waals surface area contributed by atoms with Gasteiger partial charge in [-0.05, 0) is 22.8 Å². The fourth-order valence-electron chi connectivity index (χ4n) is 2.26. The van der Waals surface area contributed by atoms with Crippen molar-refractivity contribution in [1.82, 2.24) is 0 Å². The molecule has 0 bridgehead atoms. The highest BCUT2D eigenvalue weighted by Gasteiger charge is 2.28. The van der Waals surface area contributed by atoms with E-state index >= 15 is 0 Å². The lowest BCUT2D eigenvalue weighted by Gasteiger charge is -2.07. The minimum Gasteiger partial charge on any atom is -0.320 e. The van der Waals surface area contributed by atoms with Crippen LogP contribution in [0.25, 0.3) is 11.1 Å². The van der Waals surface area contributed by atoms with E-state index in [9.17, 15) is 0 Å². The van der Waals surface area contributed by atoms with Crippen LogP contribution in [0.3, 0.4) is 0 Å². The molecule has 0 saturated heterocycles. The van der Waals surface area contributed by atoms with E-state index in [4.69, 9.17) is 28.9 Å². The van der Waals surface area contributed by atoms with Crippen LogP contribution in [-0.2, 0) is 0 Å². The summed E-state index contributed by atoms with van der Waals surface area (Å²) in [4.78, 5) is 0. The van der Waals surface area contributed by atoms with Gasteiger partial charge in [-0.15, -0.1) is 0 Å². The van der Waals surface area contributed by atoms with Crippen LogP contribution in [0.15, 0.2) is 36.4 Å². The van der Waals surface area contributed by atoms with Gasteiger partial charge in [-0.2, -0.15) is 0 Å². The molecule has 1 aliphatic rings. The Kier molecular flexibility index (Phi) is 2.21. The van der Waals surface area contributed by atoms with Gasteiger partial charge in [0.05, 0.1) is 16.1 Å². The number of rotatable bonds is 0. The Bertz CT molecular complexity index is 578. The van der Waals surface area contributed by atoms with Crippen molar-refractivity contribution in [2.24, 2.45) is 5.73 Å². The average Bonchev–Trinajstić information content (AvgIpc) is 2.59. The smallest absolute Gasteiger partial charge is 0.0674 e. The Labute approximate surface area is 104 Å². The van der Waals surface area contributed by atoms with E-state index in [-0.39, 0.29) is 6.04 Å². The standard InChI is InChI=1S/C13H9Cl2N/c14-10-6-5-9-11(12(10)15)7-3-1-2-4-8(7)13(9)16/h1-6,13H,16H2. The summed E-state index contributed by atoms with van der Waals surface area (Å²) in [5.74, 6) is 0. The fraction of sp³-hybridized carbons (Fsp3) is 0.0769. The summed E-state index contributed by atoms with van der Waals surface area (Å²) < 4.78 is 0. The molecule has 0 radical (unpaired) electrons. The summed E-state index contributed by atoms with van der Waals surface area (Å²) in [7, 11) is 0. The number of fused-ring (bicyclic) bond motifs is 3. The Balaban J connectivity index is 2.40. The van der Waals surface area contributed by atoms with Crippen molar-refractivity contribution >= 4 is 23.2 Å². The Morgan fingerprint density at radius 1 is 0.938 bits per heavy atom. The molecule has 1 atom stereocenters. The van der Waals surface area contributed by atoms with E-state index in [2.05, 4.69) is 0 Å². The van der Waals surface area contributed by atoms with E-state index in [1.54, 1.807) is 6.07 Å². The molecule has 1 aliphatic carbocycles. The number of benzene rings is 2. The van der Waals surface area contributed by atoms with Gasteiger partial charge in [0.15, 0.2) is 0 Å². The zero-order valence-electron chi connectivity index (χ0n) is 8.37. The molecule has 0 saturated carbocycles. The highest BCUT2D eigenvalue weighted by molar-refractivity contribution is 6.44. The van der Waals surface area contributed by atoms with Gasteiger partial charge >= 0.3 is 0 Å². The molecule has 80 valence electrons. The summed E-state index contributed by atoms with van der Waals surface area (Å²) in [5, 5.41) is 1.17. The maximum Gasteiger partial charge on any atom is 0.0674 e. The highest BCUT2D eigenvalue weighted by atomic mass is 35.5. The molecule has 0 heterocycles. The van der Waals surface area contributed by atoms with Gasteiger partial charge in [-0.1, -0.05) is 53.5 Å². The normalized spacial score (nSPS) is 17.1. The van der Waals surface area contributed by atoms with Crippen molar-refractivity contribution in [2.45, 2.75) is 6.04 Å². The first-order valence-corrected chi connectivity index (χ1v) is 5.78. The zero-order chi connectivity index (χ0) is 11.3. The number of hydrogen-bond acceptors (Lipinski definition) is 1. The lowest BCUT2D eigenvalue weighted by Crippen LogP contribution is -2.07. The number of nitrogens with two attached hydrogens (primary N) is 1. The third-order valence-electron chi connectivity index (χ3n) is 3.03. The van der Waals surface area contributed by atoms with Crippen molar-refractivity contribution in [3.05, 3.63) is 57.6 Å². The zero-order valence-corrected chi connectivity index (χ0v) is 9.89. The second-order valence-electron chi connectivity index (χ2n) is 3.89. The molecule has 0 fully saturated rings. The average molecular weight is 250 g/mol. The predicted molar refractivity (Wildman–Crippen MR) is 67.9 cm³/mol. The molecule has 3 heteroatoms. The van der Waals surface area contributed by atoms with Crippen molar-refractivity contribution in [3.63, 3.8) is 0 Å². The van der Waals surface area contributed by atoms with Gasteiger partial charge in [0.25, 0.3) is 0 Å². The first kappa shape index (κ1) is 10.2. The maximum atomic E-state index is 6.24. The molecule has 16 heavy (non-hydrogen) atoms. The van der Waals surface area contributed by atoms with Crippen LogP contribution in [0.4, 0.5) is 0 Å². The SMILES string of the molecule is NC1c2ccccc2-c2c1ccc(Cl)c2Cl. The van der Waals surface area contributed by atoms with E-state index in [0.29, 0.717) is 10.0 Å². The molecule has 2 aromatic carbocycles. The summed E-state index contributed by atoms with van der Waals surface area (Å²) in [6.07, 6.45) is 0. The van der Waals surface area contributed by atoms with Crippen LogP contribution in [0.5, 0.6) is 0 Å². The molecular weight excluding hydrogens is 241 g/mol. The summed E-state index contributed by atoms with van der Waals surface area (Å²) >= 11 is 12.3. The summed E-state index contributed by atoms with van der Waals surface area (Å²) in [6, 6.07) is 11.7. The molecule has 0 spiro atoms. The third kappa shape index (κ3) is 1.23. The minimum atomic E-state index is -0.0963. The van der Waals surface area contributed by atoms with E-state index in [0.717, 1.165) is 22.3 Å². The van der Waals surface area contributed by atoms with Gasteiger partial charge in [-0.3, -0.25) is 0 Å². The van der Waals surface area contributed by atoms with E-state index in [1.807, 2.05) is 30.3 Å². The van der Waals surface area contributed by atoms with Crippen molar-refractivity contribution in [1.29, 1.82) is 0 Å². The first-order valence-electron chi connectivity index (χ1n) is 5.03. The molecular formula is C13H9Cl2N. The second-order valence-corrected chi connectivity index (χ2v) is 4.68. The number of halogens is 2. The molecule has 1 unspecified atom stereocenters. The molecule has 1 nitrogen and oxygen atoms in total. The molecule has 2 aromatic rings. The van der Waals surface area contributed by atoms with Crippen LogP contribution >= 0.6 is 23.2 Å². The largest absolute Gasteiger partial charge is 0.320 e. The fourth-order valence-corrected chi connectivity index (χ4v) is 2.69. The Morgan fingerprint density at radius 3 is 2.50 bits per heavy atom. The van der Waals surface area contributed by atoms with Crippen LogP contribution in [0.2, 0.25) is 10.0 Å². The lowest BCUT2D eigenvalue weighted by molar-refractivity contribution is 0.901. The van der Waals surface area contributed by atoms with Gasteiger partial charge in [0, 0.05) is 5.56 Å². The van der Waals surface area contributed by atoms with E-state index in [1.165, 1.54) is 0 Å². The first-order chi connectivity index (χ1) is 7.70. The Hall–Kier alpha value is -1.02.